The third kappa shape index (κ3) is 3.24. The zero-order chi connectivity index (χ0) is 20.5. The standard InChI is InChI=1S/C19H17N5O5/c1-3-27-18(25)13-9(2)29-17-14(13)16(20)21-12(22-17)8-28-19(26)15-10-6-4-5-7-11(10)23-24-15/h4-7H,3,8H2,1-2H3,(H,23,24)(H2,20,21,22). The van der Waals surface area contributed by atoms with Crippen LogP contribution < -0.4 is 5.73 Å². The van der Waals surface area contributed by atoms with Gasteiger partial charge in [-0.1, -0.05) is 18.2 Å². The fourth-order valence-electron chi connectivity index (χ4n) is 3.01. The number of benzene rings is 1. The Morgan fingerprint density at radius 1 is 1.17 bits per heavy atom. The van der Waals surface area contributed by atoms with Gasteiger partial charge < -0.3 is 19.6 Å². The third-order valence-corrected chi connectivity index (χ3v) is 4.28. The third-order valence-electron chi connectivity index (χ3n) is 4.28. The van der Waals surface area contributed by atoms with Gasteiger partial charge in [0.25, 0.3) is 0 Å². The zero-order valence-electron chi connectivity index (χ0n) is 15.7. The van der Waals surface area contributed by atoms with Crippen molar-refractivity contribution in [2.24, 2.45) is 0 Å². The number of carbonyl (C=O) groups is 2. The van der Waals surface area contributed by atoms with E-state index in [4.69, 9.17) is 19.6 Å². The number of fused-ring (bicyclic) bond motifs is 2. The summed E-state index contributed by atoms with van der Waals surface area (Å²) in [6.07, 6.45) is 0. The summed E-state index contributed by atoms with van der Waals surface area (Å²) >= 11 is 0. The number of aromatic nitrogens is 4. The van der Waals surface area contributed by atoms with Crippen LogP contribution in [0.15, 0.2) is 28.7 Å². The molecule has 10 nitrogen and oxygen atoms in total. The van der Waals surface area contributed by atoms with Crippen molar-refractivity contribution in [3.05, 3.63) is 47.1 Å². The summed E-state index contributed by atoms with van der Waals surface area (Å²) < 4.78 is 15.8. The highest BCUT2D eigenvalue weighted by Crippen LogP contribution is 2.29. The molecule has 3 heterocycles. The van der Waals surface area contributed by atoms with Crippen molar-refractivity contribution in [3.63, 3.8) is 0 Å². The van der Waals surface area contributed by atoms with Gasteiger partial charge in [-0.25, -0.2) is 14.6 Å². The Morgan fingerprint density at radius 2 is 1.97 bits per heavy atom. The van der Waals surface area contributed by atoms with Gasteiger partial charge >= 0.3 is 11.9 Å². The molecule has 0 saturated heterocycles. The Balaban J connectivity index is 1.59. The molecular weight excluding hydrogens is 378 g/mol. The smallest absolute Gasteiger partial charge is 0.359 e. The molecule has 4 rings (SSSR count). The van der Waals surface area contributed by atoms with E-state index in [0.29, 0.717) is 11.1 Å². The maximum atomic E-state index is 12.4. The van der Waals surface area contributed by atoms with Gasteiger partial charge in [-0.3, -0.25) is 5.10 Å². The Labute approximate surface area is 164 Å². The number of ether oxygens (including phenoxy) is 2. The lowest BCUT2D eigenvalue weighted by atomic mass is 10.2. The molecule has 0 radical (unpaired) electrons. The number of hydrogen-bond donors (Lipinski definition) is 2. The molecule has 0 aliphatic heterocycles. The molecule has 29 heavy (non-hydrogen) atoms. The fraction of sp³-hybridized carbons (Fsp3) is 0.211. The second-order valence-corrected chi connectivity index (χ2v) is 6.15. The maximum absolute atomic E-state index is 12.4. The minimum atomic E-state index is -0.632. The highest BCUT2D eigenvalue weighted by Gasteiger charge is 2.24. The van der Waals surface area contributed by atoms with Gasteiger partial charge in [0.05, 0.1) is 17.5 Å². The predicted molar refractivity (Wildman–Crippen MR) is 102 cm³/mol. The van der Waals surface area contributed by atoms with Crippen LogP contribution in [0, 0.1) is 6.92 Å². The van der Waals surface area contributed by atoms with Gasteiger partial charge in [0.15, 0.2) is 18.1 Å². The van der Waals surface area contributed by atoms with Crippen molar-refractivity contribution in [1.29, 1.82) is 0 Å². The Morgan fingerprint density at radius 3 is 2.76 bits per heavy atom. The molecule has 0 atom stereocenters. The number of esters is 2. The van der Waals surface area contributed by atoms with Crippen molar-refractivity contribution >= 4 is 39.8 Å². The lowest BCUT2D eigenvalue weighted by molar-refractivity contribution is 0.0456. The SMILES string of the molecule is CCOC(=O)c1c(C)oc2nc(COC(=O)c3n[nH]c4ccccc34)nc(N)c12. The minimum absolute atomic E-state index is 0.0335. The van der Waals surface area contributed by atoms with Crippen LogP contribution in [0.4, 0.5) is 5.82 Å². The molecule has 0 aliphatic carbocycles. The van der Waals surface area contributed by atoms with Gasteiger partial charge in [-0.15, -0.1) is 0 Å². The van der Waals surface area contributed by atoms with Crippen molar-refractivity contribution in [2.75, 3.05) is 12.3 Å². The fourth-order valence-corrected chi connectivity index (χ4v) is 3.01. The van der Waals surface area contributed by atoms with Crippen molar-refractivity contribution in [3.8, 4) is 0 Å². The van der Waals surface area contributed by atoms with E-state index in [-0.39, 0.29) is 47.2 Å². The lowest BCUT2D eigenvalue weighted by Crippen LogP contribution is -2.10. The van der Waals surface area contributed by atoms with Gasteiger partial charge in [-0.2, -0.15) is 10.1 Å². The summed E-state index contributed by atoms with van der Waals surface area (Å²) in [5.74, 6) is -0.716. The van der Waals surface area contributed by atoms with Crippen LogP contribution in [0.25, 0.3) is 22.0 Å². The van der Waals surface area contributed by atoms with Crippen molar-refractivity contribution in [1.82, 2.24) is 20.2 Å². The highest BCUT2D eigenvalue weighted by molar-refractivity contribution is 6.07. The van der Waals surface area contributed by atoms with Gasteiger partial charge in [-0.05, 0) is 19.9 Å². The first kappa shape index (κ1) is 18.4. The van der Waals surface area contributed by atoms with E-state index in [2.05, 4.69) is 20.2 Å². The summed E-state index contributed by atoms with van der Waals surface area (Å²) in [7, 11) is 0. The summed E-state index contributed by atoms with van der Waals surface area (Å²) in [5, 5.41) is 7.68. The number of anilines is 1. The van der Waals surface area contributed by atoms with Crippen molar-refractivity contribution < 1.29 is 23.5 Å². The molecule has 4 aromatic rings. The van der Waals surface area contributed by atoms with Crippen LogP contribution in [0.1, 0.15) is 39.4 Å². The van der Waals surface area contributed by atoms with Crippen LogP contribution >= 0.6 is 0 Å². The number of H-pyrrole nitrogens is 1. The number of nitrogen functional groups attached to an aromatic ring is 1. The van der Waals surface area contributed by atoms with E-state index < -0.39 is 11.9 Å². The lowest BCUT2D eigenvalue weighted by Gasteiger charge is -2.05. The predicted octanol–water partition coefficient (Wildman–Crippen LogP) is 2.52. The molecule has 1 aromatic carbocycles. The number of aryl methyl sites for hydroxylation is 1. The number of nitrogens with one attached hydrogen (secondary N) is 1. The second kappa shape index (κ2) is 7.23. The summed E-state index contributed by atoms with van der Waals surface area (Å²) in [5.41, 5.74) is 7.19. The van der Waals surface area contributed by atoms with E-state index in [1.54, 1.807) is 32.0 Å². The summed E-state index contributed by atoms with van der Waals surface area (Å²) in [6, 6.07) is 7.19. The molecular formula is C19H17N5O5. The molecule has 0 saturated carbocycles. The largest absolute Gasteiger partial charge is 0.462 e. The molecule has 0 fully saturated rings. The Hall–Kier alpha value is -3.95. The number of furan rings is 1. The molecule has 0 unspecified atom stereocenters. The van der Waals surface area contributed by atoms with E-state index >= 15 is 0 Å². The molecule has 3 N–H and O–H groups in total. The first-order valence-electron chi connectivity index (χ1n) is 8.82. The van der Waals surface area contributed by atoms with Crippen LogP contribution in [-0.4, -0.2) is 38.7 Å². The van der Waals surface area contributed by atoms with E-state index in [0.717, 1.165) is 5.52 Å². The molecule has 0 bridgehead atoms. The number of para-hydroxylation sites is 1. The number of hydrogen-bond acceptors (Lipinski definition) is 9. The minimum Gasteiger partial charge on any atom is -0.462 e. The average Bonchev–Trinajstić information content (AvgIpc) is 3.27. The second-order valence-electron chi connectivity index (χ2n) is 6.15. The number of aromatic amines is 1. The van der Waals surface area contributed by atoms with Gasteiger partial charge in [0.2, 0.25) is 5.71 Å². The summed E-state index contributed by atoms with van der Waals surface area (Å²) in [4.78, 5) is 32.9. The molecule has 0 aliphatic rings. The monoisotopic (exact) mass is 395 g/mol. The molecule has 3 aromatic heterocycles. The number of rotatable bonds is 5. The first-order valence-corrected chi connectivity index (χ1v) is 8.82. The van der Waals surface area contributed by atoms with E-state index in [1.807, 2.05) is 6.07 Å². The van der Waals surface area contributed by atoms with Gasteiger partial charge in [0.1, 0.15) is 17.1 Å². The highest BCUT2D eigenvalue weighted by atomic mass is 16.5. The van der Waals surface area contributed by atoms with Crippen LogP contribution in [0.3, 0.4) is 0 Å². The van der Waals surface area contributed by atoms with E-state index in [1.165, 1.54) is 0 Å². The Bertz CT molecular complexity index is 1240. The number of carbonyl (C=O) groups excluding carboxylic acids is 2. The maximum Gasteiger partial charge on any atom is 0.359 e. The quantitative estimate of drug-likeness (QED) is 0.486. The van der Waals surface area contributed by atoms with Gasteiger partial charge in [0, 0.05) is 5.39 Å². The van der Waals surface area contributed by atoms with E-state index in [9.17, 15) is 9.59 Å². The van der Waals surface area contributed by atoms with Crippen LogP contribution in [-0.2, 0) is 16.1 Å². The number of nitrogens with two attached hydrogens (primary N) is 1. The first-order chi connectivity index (χ1) is 14.0. The van der Waals surface area contributed by atoms with Crippen molar-refractivity contribution in [2.45, 2.75) is 20.5 Å². The average molecular weight is 395 g/mol. The van der Waals surface area contributed by atoms with Crippen LogP contribution in [0.5, 0.6) is 0 Å². The normalized spacial score (nSPS) is 11.1. The Kier molecular flexibility index (Phi) is 4.59. The molecule has 10 heteroatoms. The molecule has 0 amide bonds. The topological polar surface area (TPSA) is 146 Å². The summed E-state index contributed by atoms with van der Waals surface area (Å²) in [6.45, 7) is 3.27. The molecule has 148 valence electrons. The zero-order valence-corrected chi connectivity index (χ0v) is 15.7. The molecule has 0 spiro atoms. The van der Waals surface area contributed by atoms with Crippen LogP contribution in [0.2, 0.25) is 0 Å². The number of nitrogens with zero attached hydrogens (tertiary/aromatic N) is 3.